The molecule has 8 nitrogen and oxygen atoms in total. The predicted octanol–water partition coefficient (Wildman–Crippen LogP) is 3.59. The van der Waals surface area contributed by atoms with E-state index in [0.717, 1.165) is 50.6 Å². The van der Waals surface area contributed by atoms with E-state index in [4.69, 9.17) is 9.47 Å². The Morgan fingerprint density at radius 2 is 1.79 bits per heavy atom. The van der Waals surface area contributed by atoms with E-state index in [9.17, 15) is 0 Å². The minimum atomic E-state index is -0.352. The van der Waals surface area contributed by atoms with E-state index in [1.165, 1.54) is 11.6 Å². The second-order valence-corrected chi connectivity index (χ2v) is 9.54. The zero-order valence-electron chi connectivity index (χ0n) is 19.9. The van der Waals surface area contributed by atoms with Gasteiger partial charge in [0, 0.05) is 38.3 Å². The van der Waals surface area contributed by atoms with Gasteiger partial charge >= 0.3 is 0 Å². The van der Waals surface area contributed by atoms with Crippen LogP contribution in [0.3, 0.4) is 0 Å². The third-order valence-corrected chi connectivity index (χ3v) is 6.99. The highest BCUT2D eigenvalue weighted by molar-refractivity contribution is 5.44. The van der Waals surface area contributed by atoms with Crippen LogP contribution in [0.1, 0.15) is 50.2 Å². The van der Waals surface area contributed by atoms with Crippen LogP contribution in [0.15, 0.2) is 42.5 Å². The average molecular weight is 467 g/mol. The Morgan fingerprint density at radius 1 is 1.03 bits per heavy atom. The van der Waals surface area contributed by atoms with Gasteiger partial charge in [-0.15, -0.1) is 5.10 Å². The normalized spacial score (nSPS) is 17.8. The molecule has 0 unspecified atom stereocenters. The first-order chi connectivity index (χ1) is 16.5. The molecule has 0 bridgehead atoms. The van der Waals surface area contributed by atoms with Crippen LogP contribution in [0, 0.1) is 5.82 Å². The Morgan fingerprint density at radius 3 is 2.56 bits per heavy atom. The molecular weight excluding hydrogens is 435 g/mol. The van der Waals surface area contributed by atoms with E-state index in [0.29, 0.717) is 11.4 Å². The summed E-state index contributed by atoms with van der Waals surface area (Å²) in [5.41, 5.74) is 1.52. The van der Waals surface area contributed by atoms with Gasteiger partial charge in [-0.1, -0.05) is 31.2 Å². The third kappa shape index (κ3) is 4.37. The molecule has 2 aliphatic rings. The minimum Gasteiger partial charge on any atom is -0.454 e. The number of halogens is 1. The SMILES string of the molecule is CCC(C)(C)n1nnnc1[C@H](c1ccccc1F)N1CCN(Cc2ccc3c(c2)OCO3)CC1. The summed E-state index contributed by atoms with van der Waals surface area (Å²) in [6.07, 6.45) is 0.859. The lowest BCUT2D eigenvalue weighted by Crippen LogP contribution is -2.48. The number of aromatic nitrogens is 4. The first kappa shape index (κ1) is 22.7. The van der Waals surface area contributed by atoms with Gasteiger partial charge in [0.1, 0.15) is 11.9 Å². The Hall–Kier alpha value is -3.04. The standard InChI is InChI=1S/C25H31FN6O2/c1-4-25(2,3)32-24(27-28-29-32)23(19-7-5-6-8-20(19)26)31-13-11-30(12-14-31)16-18-9-10-21-22(15-18)34-17-33-21/h5-10,15,23H,4,11-14,16-17H2,1-3H3/t23-/m0/s1. The topological polar surface area (TPSA) is 68.5 Å². The first-order valence-corrected chi connectivity index (χ1v) is 11.8. The molecule has 180 valence electrons. The fourth-order valence-electron chi connectivity index (χ4n) is 4.62. The Labute approximate surface area is 199 Å². The lowest BCUT2D eigenvalue weighted by atomic mass is 9.98. The highest BCUT2D eigenvalue weighted by atomic mass is 19.1. The van der Waals surface area contributed by atoms with Gasteiger partial charge < -0.3 is 9.47 Å². The van der Waals surface area contributed by atoms with Crippen LogP contribution in [0.2, 0.25) is 0 Å². The molecule has 3 aromatic rings. The maximum Gasteiger partial charge on any atom is 0.231 e. The number of nitrogens with zero attached hydrogens (tertiary/aromatic N) is 6. The van der Waals surface area contributed by atoms with Crippen LogP contribution >= 0.6 is 0 Å². The van der Waals surface area contributed by atoms with Crippen LogP contribution in [0.4, 0.5) is 4.39 Å². The van der Waals surface area contributed by atoms with E-state index in [1.54, 1.807) is 6.07 Å². The number of benzene rings is 2. The lowest BCUT2D eigenvalue weighted by Gasteiger charge is -2.39. The largest absolute Gasteiger partial charge is 0.454 e. The van der Waals surface area contributed by atoms with Crippen molar-refractivity contribution in [2.75, 3.05) is 33.0 Å². The monoisotopic (exact) mass is 466 g/mol. The average Bonchev–Trinajstić information content (AvgIpc) is 3.51. The Bertz CT molecular complexity index is 1140. The number of hydrogen-bond donors (Lipinski definition) is 0. The lowest BCUT2D eigenvalue weighted by molar-refractivity contribution is 0.0959. The summed E-state index contributed by atoms with van der Waals surface area (Å²) in [4.78, 5) is 4.70. The molecule has 1 saturated heterocycles. The van der Waals surface area contributed by atoms with Crippen molar-refractivity contribution < 1.29 is 13.9 Å². The van der Waals surface area contributed by atoms with Crippen LogP contribution in [-0.2, 0) is 12.1 Å². The van der Waals surface area contributed by atoms with Gasteiger partial charge in [0.2, 0.25) is 6.79 Å². The summed E-state index contributed by atoms with van der Waals surface area (Å²) in [7, 11) is 0. The van der Waals surface area contributed by atoms with Crippen molar-refractivity contribution in [3.63, 3.8) is 0 Å². The van der Waals surface area contributed by atoms with Crippen molar-refractivity contribution >= 4 is 0 Å². The Balaban J connectivity index is 1.37. The summed E-state index contributed by atoms with van der Waals surface area (Å²) < 4.78 is 27.8. The van der Waals surface area contributed by atoms with Crippen molar-refractivity contribution in [2.45, 2.75) is 45.3 Å². The minimum absolute atomic E-state index is 0.237. The quantitative estimate of drug-likeness (QED) is 0.527. The van der Waals surface area contributed by atoms with Crippen LogP contribution in [-0.4, -0.2) is 63.0 Å². The van der Waals surface area contributed by atoms with Crippen molar-refractivity contribution in [3.05, 3.63) is 65.2 Å². The number of hydrogen-bond acceptors (Lipinski definition) is 7. The van der Waals surface area contributed by atoms with E-state index in [2.05, 4.69) is 58.2 Å². The maximum atomic E-state index is 15.0. The molecule has 2 aromatic carbocycles. The van der Waals surface area contributed by atoms with Gasteiger partial charge in [0.15, 0.2) is 17.3 Å². The third-order valence-electron chi connectivity index (χ3n) is 6.99. The summed E-state index contributed by atoms with van der Waals surface area (Å²) in [5, 5.41) is 12.7. The first-order valence-electron chi connectivity index (χ1n) is 11.8. The molecule has 2 aliphatic heterocycles. The van der Waals surface area contributed by atoms with Gasteiger partial charge in [0.25, 0.3) is 0 Å². The molecule has 0 radical (unpaired) electrons. The molecule has 1 atom stereocenters. The van der Waals surface area contributed by atoms with Crippen LogP contribution in [0.5, 0.6) is 11.5 Å². The molecule has 1 aromatic heterocycles. The van der Waals surface area contributed by atoms with Crippen LogP contribution in [0.25, 0.3) is 0 Å². The van der Waals surface area contributed by atoms with Gasteiger partial charge in [-0.25, -0.2) is 9.07 Å². The molecule has 34 heavy (non-hydrogen) atoms. The summed E-state index contributed by atoms with van der Waals surface area (Å²) in [5.74, 6) is 2.05. The van der Waals surface area contributed by atoms with E-state index >= 15 is 4.39 Å². The number of rotatable bonds is 7. The Kier molecular flexibility index (Phi) is 6.22. The van der Waals surface area contributed by atoms with E-state index < -0.39 is 0 Å². The molecule has 5 rings (SSSR count). The second-order valence-electron chi connectivity index (χ2n) is 9.54. The molecule has 9 heteroatoms. The van der Waals surface area contributed by atoms with Crippen molar-refractivity contribution in [1.82, 2.24) is 30.0 Å². The highest BCUT2D eigenvalue weighted by Crippen LogP contribution is 2.34. The fourth-order valence-corrected chi connectivity index (χ4v) is 4.62. The molecule has 0 spiro atoms. The van der Waals surface area contributed by atoms with Gasteiger partial charge in [-0.2, -0.15) is 0 Å². The number of piperazine rings is 1. The molecule has 0 N–H and O–H groups in total. The highest BCUT2D eigenvalue weighted by Gasteiger charge is 2.35. The van der Waals surface area contributed by atoms with E-state index in [-0.39, 0.29) is 24.2 Å². The number of fused-ring (bicyclic) bond motifs is 1. The van der Waals surface area contributed by atoms with Gasteiger partial charge in [0.05, 0.1) is 5.54 Å². The summed E-state index contributed by atoms with van der Waals surface area (Å²) >= 11 is 0. The van der Waals surface area contributed by atoms with Gasteiger partial charge in [-0.3, -0.25) is 9.80 Å². The predicted molar refractivity (Wildman–Crippen MR) is 125 cm³/mol. The molecule has 3 heterocycles. The molecule has 0 amide bonds. The maximum absolute atomic E-state index is 15.0. The smallest absolute Gasteiger partial charge is 0.231 e. The number of tetrazole rings is 1. The molecule has 0 aliphatic carbocycles. The molecule has 1 fully saturated rings. The van der Waals surface area contributed by atoms with Gasteiger partial charge in [-0.05, 0) is 54.5 Å². The molecular formula is C25H31FN6O2. The summed E-state index contributed by atoms with van der Waals surface area (Å²) in [6, 6.07) is 12.7. The van der Waals surface area contributed by atoms with Crippen molar-refractivity contribution in [2.24, 2.45) is 0 Å². The van der Waals surface area contributed by atoms with Crippen molar-refractivity contribution in [3.8, 4) is 11.5 Å². The molecule has 0 saturated carbocycles. The van der Waals surface area contributed by atoms with E-state index in [1.807, 2.05) is 22.9 Å². The fraction of sp³-hybridized carbons (Fsp3) is 0.480. The van der Waals surface area contributed by atoms with Crippen LogP contribution < -0.4 is 9.47 Å². The zero-order chi connectivity index (χ0) is 23.7. The summed E-state index contributed by atoms with van der Waals surface area (Å²) in [6.45, 7) is 10.7. The zero-order valence-corrected chi connectivity index (χ0v) is 19.9. The second kappa shape index (κ2) is 9.31. The van der Waals surface area contributed by atoms with Crippen molar-refractivity contribution in [1.29, 1.82) is 0 Å². The number of ether oxygens (including phenoxy) is 2.